The van der Waals surface area contributed by atoms with Crippen molar-refractivity contribution in [2.45, 2.75) is 26.7 Å². The van der Waals surface area contributed by atoms with Gasteiger partial charge in [0, 0.05) is 22.4 Å². The topological polar surface area (TPSA) is 42.0 Å². The number of nitrogens with zero attached hydrogens (tertiary/aromatic N) is 1. The van der Waals surface area contributed by atoms with Crippen LogP contribution in [0.4, 0.5) is 10.1 Å². The molecule has 3 nitrogen and oxygen atoms in total. The number of halogens is 1. The third-order valence-corrected chi connectivity index (χ3v) is 5.30. The number of rotatable bonds is 6. The zero-order valence-corrected chi connectivity index (χ0v) is 15.6. The van der Waals surface area contributed by atoms with Crippen molar-refractivity contribution in [2.75, 3.05) is 5.32 Å². The Hall–Kier alpha value is -2.53. The predicted molar refractivity (Wildman–Crippen MR) is 106 cm³/mol. The minimum atomic E-state index is -0.288. The lowest BCUT2D eigenvalue weighted by molar-refractivity contribution is -0.120. The smallest absolute Gasteiger partial charge is 0.227 e. The van der Waals surface area contributed by atoms with Crippen LogP contribution in [0.2, 0.25) is 0 Å². The summed E-state index contributed by atoms with van der Waals surface area (Å²) in [5.41, 5.74) is 2.79. The molecule has 0 spiro atoms. The molecule has 1 aromatic heterocycles. The molecule has 2 aromatic carbocycles. The first kappa shape index (κ1) is 18.3. The van der Waals surface area contributed by atoms with Crippen LogP contribution in [0.1, 0.15) is 26.7 Å². The maximum atomic E-state index is 14.0. The summed E-state index contributed by atoms with van der Waals surface area (Å²) in [5.74, 6) is -0.275. The van der Waals surface area contributed by atoms with E-state index in [0.29, 0.717) is 10.6 Å². The first-order chi connectivity index (χ1) is 12.6. The Bertz CT molecular complexity index is 902. The van der Waals surface area contributed by atoms with Crippen molar-refractivity contribution >= 4 is 22.9 Å². The summed E-state index contributed by atoms with van der Waals surface area (Å²) in [5, 5.41) is 5.54. The predicted octanol–water partition coefficient (Wildman–Crippen LogP) is 5.99. The van der Waals surface area contributed by atoms with Gasteiger partial charge in [0.25, 0.3) is 0 Å². The number of benzene rings is 2. The monoisotopic (exact) mass is 368 g/mol. The zero-order valence-electron chi connectivity index (χ0n) is 14.8. The third-order valence-electron chi connectivity index (χ3n) is 4.43. The highest BCUT2D eigenvalue weighted by Crippen LogP contribution is 2.33. The first-order valence-corrected chi connectivity index (χ1v) is 9.62. The Balaban J connectivity index is 1.92. The van der Waals surface area contributed by atoms with Crippen LogP contribution in [0.25, 0.3) is 21.8 Å². The number of carbonyl (C=O) groups excluding carboxylic acids is 1. The molecule has 0 aliphatic heterocycles. The van der Waals surface area contributed by atoms with Crippen molar-refractivity contribution in [3.8, 4) is 21.8 Å². The molecule has 3 rings (SSSR count). The summed E-state index contributed by atoms with van der Waals surface area (Å²) in [6.45, 7) is 4.03. The first-order valence-electron chi connectivity index (χ1n) is 8.74. The third kappa shape index (κ3) is 3.83. The van der Waals surface area contributed by atoms with Crippen LogP contribution >= 0.6 is 11.3 Å². The molecule has 0 bridgehead atoms. The molecule has 0 radical (unpaired) electrons. The van der Waals surface area contributed by atoms with Crippen LogP contribution in [0.3, 0.4) is 0 Å². The number of thiazole rings is 1. The quantitative estimate of drug-likeness (QED) is 0.580. The molecule has 0 unspecified atom stereocenters. The Morgan fingerprint density at radius 2 is 1.73 bits per heavy atom. The second-order valence-electron chi connectivity index (χ2n) is 6.07. The van der Waals surface area contributed by atoms with E-state index in [1.54, 1.807) is 18.2 Å². The highest BCUT2D eigenvalue weighted by atomic mass is 32.1. The second kappa shape index (κ2) is 8.23. The van der Waals surface area contributed by atoms with E-state index in [1.807, 2.05) is 43.5 Å². The van der Waals surface area contributed by atoms with E-state index < -0.39 is 0 Å². The number of amides is 1. The van der Waals surface area contributed by atoms with Gasteiger partial charge in [-0.2, -0.15) is 0 Å². The SMILES string of the molecule is CCC(CC)C(=O)Nc1ccccc1-c1csc(-c2ccccc2F)n1. The number of hydrogen-bond acceptors (Lipinski definition) is 3. The number of carbonyl (C=O) groups is 1. The van der Waals surface area contributed by atoms with E-state index in [1.165, 1.54) is 17.4 Å². The summed E-state index contributed by atoms with van der Waals surface area (Å²) in [4.78, 5) is 17.0. The molecule has 3 aromatic rings. The molecule has 0 saturated carbocycles. The summed E-state index contributed by atoms with van der Waals surface area (Å²) in [6.07, 6.45) is 1.61. The van der Waals surface area contributed by atoms with Gasteiger partial charge in [0.2, 0.25) is 5.91 Å². The summed E-state index contributed by atoms with van der Waals surface area (Å²) in [7, 11) is 0. The van der Waals surface area contributed by atoms with Gasteiger partial charge < -0.3 is 5.32 Å². The van der Waals surface area contributed by atoms with Crippen LogP contribution in [-0.2, 0) is 4.79 Å². The standard InChI is InChI=1S/C21H21FN2OS/c1-3-14(4-2)20(25)23-18-12-8-6-10-16(18)19-13-26-21(24-19)15-9-5-7-11-17(15)22/h5-14H,3-4H2,1-2H3,(H,23,25). The molecule has 134 valence electrons. The maximum Gasteiger partial charge on any atom is 0.227 e. The molecule has 0 atom stereocenters. The second-order valence-corrected chi connectivity index (χ2v) is 6.92. The van der Waals surface area contributed by atoms with Crippen molar-refractivity contribution in [1.82, 2.24) is 4.98 Å². The molecule has 1 amide bonds. The molecule has 0 aliphatic carbocycles. The van der Waals surface area contributed by atoms with Crippen LogP contribution < -0.4 is 5.32 Å². The number of hydrogen-bond donors (Lipinski definition) is 1. The lowest BCUT2D eigenvalue weighted by Gasteiger charge is -2.14. The van der Waals surface area contributed by atoms with Crippen molar-refractivity contribution in [2.24, 2.45) is 5.92 Å². The average Bonchev–Trinajstić information content (AvgIpc) is 3.13. The Labute approximate surface area is 156 Å². The number of para-hydroxylation sites is 1. The zero-order chi connectivity index (χ0) is 18.5. The van der Waals surface area contributed by atoms with Crippen LogP contribution in [0.15, 0.2) is 53.9 Å². The highest BCUT2D eigenvalue weighted by Gasteiger charge is 2.17. The van der Waals surface area contributed by atoms with E-state index in [9.17, 15) is 9.18 Å². The molecule has 26 heavy (non-hydrogen) atoms. The van der Waals surface area contributed by atoms with Crippen molar-refractivity contribution in [3.05, 3.63) is 59.7 Å². The van der Waals surface area contributed by atoms with Crippen LogP contribution in [-0.4, -0.2) is 10.9 Å². The molecule has 5 heteroatoms. The van der Waals surface area contributed by atoms with Crippen LogP contribution in [0, 0.1) is 11.7 Å². The summed E-state index contributed by atoms with van der Waals surface area (Å²) in [6, 6.07) is 14.2. The minimum Gasteiger partial charge on any atom is -0.325 e. The summed E-state index contributed by atoms with van der Waals surface area (Å²) < 4.78 is 14.0. The number of aromatic nitrogens is 1. The maximum absolute atomic E-state index is 14.0. The van der Waals surface area contributed by atoms with Crippen molar-refractivity contribution in [1.29, 1.82) is 0 Å². The van der Waals surface area contributed by atoms with Gasteiger partial charge in [-0.1, -0.05) is 44.2 Å². The van der Waals surface area contributed by atoms with Gasteiger partial charge >= 0.3 is 0 Å². The fraction of sp³-hybridized carbons (Fsp3) is 0.238. The van der Waals surface area contributed by atoms with E-state index in [-0.39, 0.29) is 17.6 Å². The lowest BCUT2D eigenvalue weighted by atomic mass is 10.0. The van der Waals surface area contributed by atoms with Gasteiger partial charge in [-0.25, -0.2) is 9.37 Å². The van der Waals surface area contributed by atoms with Gasteiger partial charge in [0.05, 0.1) is 11.4 Å². The average molecular weight is 368 g/mol. The summed E-state index contributed by atoms with van der Waals surface area (Å²) >= 11 is 1.39. The van der Waals surface area contributed by atoms with E-state index in [2.05, 4.69) is 10.3 Å². The lowest BCUT2D eigenvalue weighted by Crippen LogP contribution is -2.21. The van der Waals surface area contributed by atoms with E-state index in [4.69, 9.17) is 0 Å². The van der Waals surface area contributed by atoms with Crippen molar-refractivity contribution < 1.29 is 9.18 Å². The van der Waals surface area contributed by atoms with Gasteiger partial charge in [-0.05, 0) is 31.0 Å². The molecular weight excluding hydrogens is 347 g/mol. The number of nitrogens with one attached hydrogen (secondary N) is 1. The normalized spacial score (nSPS) is 10.9. The van der Waals surface area contributed by atoms with Gasteiger partial charge in [-0.3, -0.25) is 4.79 Å². The van der Waals surface area contributed by atoms with Crippen molar-refractivity contribution in [3.63, 3.8) is 0 Å². The highest BCUT2D eigenvalue weighted by molar-refractivity contribution is 7.13. The van der Waals surface area contributed by atoms with Gasteiger partial charge in [0.1, 0.15) is 10.8 Å². The minimum absolute atomic E-state index is 0.00698. The fourth-order valence-electron chi connectivity index (χ4n) is 2.87. The Morgan fingerprint density at radius 3 is 2.42 bits per heavy atom. The molecule has 0 saturated heterocycles. The molecule has 0 fully saturated rings. The molecular formula is C21H21FN2OS. The fourth-order valence-corrected chi connectivity index (χ4v) is 3.71. The van der Waals surface area contributed by atoms with E-state index in [0.717, 1.165) is 29.8 Å². The van der Waals surface area contributed by atoms with E-state index >= 15 is 0 Å². The largest absolute Gasteiger partial charge is 0.325 e. The number of anilines is 1. The molecule has 1 heterocycles. The van der Waals surface area contributed by atoms with Gasteiger partial charge in [0.15, 0.2) is 0 Å². The molecule has 1 N–H and O–H groups in total. The van der Waals surface area contributed by atoms with Crippen LogP contribution in [0.5, 0.6) is 0 Å². The van der Waals surface area contributed by atoms with Gasteiger partial charge in [-0.15, -0.1) is 11.3 Å². The Kier molecular flexibility index (Phi) is 5.78. The molecule has 0 aliphatic rings. The Morgan fingerprint density at radius 1 is 1.08 bits per heavy atom.